The summed E-state index contributed by atoms with van der Waals surface area (Å²) >= 11 is 0. The second kappa shape index (κ2) is 9.72. The summed E-state index contributed by atoms with van der Waals surface area (Å²) in [7, 11) is 0. The van der Waals surface area contributed by atoms with Gasteiger partial charge in [-0.25, -0.2) is 9.59 Å². The van der Waals surface area contributed by atoms with Crippen molar-refractivity contribution in [2.24, 2.45) is 11.3 Å². The van der Waals surface area contributed by atoms with Gasteiger partial charge >= 0.3 is 12.1 Å². The van der Waals surface area contributed by atoms with Gasteiger partial charge in [0, 0.05) is 17.9 Å². The Morgan fingerprint density at radius 3 is 2.17 bits per heavy atom. The molecule has 4 rings (SSSR count). The maximum atomic E-state index is 13.3. The SMILES string of the molecule is CCC(C)CC(NC(=O)OCC1c2ccccc2-c2ccccc21)C(=O)N1CC(C)(C)C1C(=O)O. The van der Waals surface area contributed by atoms with Gasteiger partial charge in [-0.1, -0.05) is 82.6 Å². The van der Waals surface area contributed by atoms with Crippen molar-refractivity contribution in [2.75, 3.05) is 13.2 Å². The zero-order valence-corrected chi connectivity index (χ0v) is 20.8. The summed E-state index contributed by atoms with van der Waals surface area (Å²) in [5.74, 6) is -1.30. The van der Waals surface area contributed by atoms with Crippen LogP contribution in [0.5, 0.6) is 0 Å². The van der Waals surface area contributed by atoms with Crippen LogP contribution in [0.3, 0.4) is 0 Å². The molecule has 1 fully saturated rings. The van der Waals surface area contributed by atoms with Crippen LogP contribution in [0.1, 0.15) is 57.6 Å². The van der Waals surface area contributed by atoms with Crippen LogP contribution in [-0.2, 0) is 14.3 Å². The first kappa shape index (κ1) is 24.8. The number of amides is 2. The number of carbonyl (C=O) groups is 3. The third-order valence-electron chi connectivity index (χ3n) is 7.42. The van der Waals surface area contributed by atoms with Crippen LogP contribution >= 0.6 is 0 Å². The molecular weight excluding hydrogens is 444 g/mol. The first-order chi connectivity index (χ1) is 16.6. The summed E-state index contributed by atoms with van der Waals surface area (Å²) in [6.45, 7) is 8.18. The minimum Gasteiger partial charge on any atom is -0.480 e. The van der Waals surface area contributed by atoms with Gasteiger partial charge in [0.05, 0.1) is 0 Å². The lowest BCUT2D eigenvalue weighted by atomic mass is 9.74. The smallest absolute Gasteiger partial charge is 0.407 e. The molecule has 35 heavy (non-hydrogen) atoms. The van der Waals surface area contributed by atoms with Crippen molar-refractivity contribution < 1.29 is 24.2 Å². The summed E-state index contributed by atoms with van der Waals surface area (Å²) in [4.78, 5) is 39.3. The number of aliphatic carboxylic acids is 1. The number of carboxylic acids is 1. The molecule has 1 aliphatic heterocycles. The van der Waals surface area contributed by atoms with Crippen LogP contribution in [0.4, 0.5) is 4.79 Å². The molecule has 0 radical (unpaired) electrons. The Labute approximate surface area is 206 Å². The number of nitrogens with one attached hydrogen (secondary N) is 1. The van der Waals surface area contributed by atoms with E-state index >= 15 is 0 Å². The molecule has 7 nitrogen and oxygen atoms in total. The van der Waals surface area contributed by atoms with Gasteiger partial charge < -0.3 is 20.1 Å². The van der Waals surface area contributed by atoms with Gasteiger partial charge in [0.15, 0.2) is 0 Å². The van der Waals surface area contributed by atoms with Crippen LogP contribution in [0.2, 0.25) is 0 Å². The Balaban J connectivity index is 1.45. The topological polar surface area (TPSA) is 95.9 Å². The van der Waals surface area contributed by atoms with Gasteiger partial charge in [0.2, 0.25) is 5.91 Å². The van der Waals surface area contributed by atoms with Gasteiger partial charge in [-0.3, -0.25) is 4.79 Å². The first-order valence-corrected chi connectivity index (χ1v) is 12.3. The summed E-state index contributed by atoms with van der Waals surface area (Å²) in [5.41, 5.74) is 4.00. The van der Waals surface area contributed by atoms with E-state index in [2.05, 4.69) is 17.4 Å². The number of hydrogen-bond donors (Lipinski definition) is 2. The zero-order valence-electron chi connectivity index (χ0n) is 20.8. The fourth-order valence-electron chi connectivity index (χ4n) is 5.37. The number of ether oxygens (including phenoxy) is 1. The Bertz CT molecular complexity index is 1080. The molecular formula is C28H34N2O5. The van der Waals surface area contributed by atoms with Crippen LogP contribution in [-0.4, -0.2) is 53.2 Å². The molecule has 2 aliphatic rings. The molecule has 2 aromatic rings. The second-order valence-corrected chi connectivity index (χ2v) is 10.5. The van der Waals surface area contributed by atoms with E-state index in [0.717, 1.165) is 28.7 Å². The van der Waals surface area contributed by atoms with Crippen molar-refractivity contribution in [1.29, 1.82) is 0 Å². The number of likely N-dealkylation sites (tertiary alicyclic amines) is 1. The van der Waals surface area contributed by atoms with Gasteiger partial charge in [0.1, 0.15) is 18.7 Å². The Hall–Kier alpha value is -3.35. The predicted octanol–water partition coefficient (Wildman–Crippen LogP) is 4.65. The van der Waals surface area contributed by atoms with Crippen molar-refractivity contribution in [3.8, 4) is 11.1 Å². The third-order valence-corrected chi connectivity index (χ3v) is 7.42. The average Bonchev–Trinajstić information content (AvgIpc) is 3.13. The van der Waals surface area contributed by atoms with Crippen LogP contribution in [0, 0.1) is 11.3 Å². The molecule has 0 spiro atoms. The highest BCUT2D eigenvalue weighted by atomic mass is 16.5. The largest absolute Gasteiger partial charge is 0.480 e. The van der Waals surface area contributed by atoms with Crippen molar-refractivity contribution in [3.63, 3.8) is 0 Å². The van der Waals surface area contributed by atoms with E-state index in [4.69, 9.17) is 4.74 Å². The normalized spacial score (nSPS) is 19.7. The molecule has 3 unspecified atom stereocenters. The van der Waals surface area contributed by atoms with Crippen LogP contribution in [0.25, 0.3) is 11.1 Å². The number of benzene rings is 2. The maximum Gasteiger partial charge on any atom is 0.407 e. The molecule has 186 valence electrons. The van der Waals surface area contributed by atoms with E-state index in [-0.39, 0.29) is 24.3 Å². The fraction of sp³-hybridized carbons (Fsp3) is 0.464. The van der Waals surface area contributed by atoms with Crippen molar-refractivity contribution in [1.82, 2.24) is 10.2 Å². The lowest BCUT2D eigenvalue weighted by Crippen LogP contribution is -2.69. The first-order valence-electron chi connectivity index (χ1n) is 12.3. The third kappa shape index (κ3) is 4.77. The highest BCUT2D eigenvalue weighted by Crippen LogP contribution is 2.44. The molecule has 1 aliphatic carbocycles. The monoisotopic (exact) mass is 478 g/mol. The Morgan fingerprint density at radius 2 is 1.66 bits per heavy atom. The lowest BCUT2D eigenvalue weighted by molar-refractivity contribution is -0.173. The summed E-state index contributed by atoms with van der Waals surface area (Å²) in [6.07, 6.45) is 0.590. The Morgan fingerprint density at radius 1 is 1.09 bits per heavy atom. The van der Waals surface area contributed by atoms with Crippen LogP contribution < -0.4 is 5.32 Å². The number of alkyl carbamates (subject to hydrolysis) is 1. The van der Waals surface area contributed by atoms with E-state index in [1.165, 1.54) is 4.90 Å². The predicted molar refractivity (Wildman–Crippen MR) is 133 cm³/mol. The van der Waals surface area contributed by atoms with Gasteiger partial charge in [-0.2, -0.15) is 0 Å². The molecule has 1 saturated heterocycles. The molecule has 7 heteroatoms. The van der Waals surface area contributed by atoms with Gasteiger partial charge in [-0.05, 0) is 34.6 Å². The fourth-order valence-corrected chi connectivity index (χ4v) is 5.37. The molecule has 3 atom stereocenters. The van der Waals surface area contributed by atoms with Crippen LogP contribution in [0.15, 0.2) is 48.5 Å². The molecule has 0 bridgehead atoms. The number of nitrogens with zero attached hydrogens (tertiary/aromatic N) is 1. The molecule has 2 N–H and O–H groups in total. The highest BCUT2D eigenvalue weighted by Gasteiger charge is 2.53. The quantitative estimate of drug-likeness (QED) is 0.576. The lowest BCUT2D eigenvalue weighted by Gasteiger charge is -2.52. The molecule has 0 saturated carbocycles. The number of fused-ring (bicyclic) bond motifs is 3. The standard InChI is InChI=1S/C28H34N2O5/c1-5-17(2)14-23(25(31)30-16-28(3,4)24(30)26(32)33)29-27(34)35-15-22-20-12-8-6-10-18(20)19-11-7-9-13-21(19)22/h6-13,17,22-24H,5,14-16H2,1-4H3,(H,29,34)(H,32,33). The Kier molecular flexibility index (Phi) is 6.88. The zero-order chi connectivity index (χ0) is 25.3. The van der Waals surface area contributed by atoms with Gasteiger partial charge in [0.25, 0.3) is 0 Å². The second-order valence-electron chi connectivity index (χ2n) is 10.5. The summed E-state index contributed by atoms with van der Waals surface area (Å²) in [6, 6.07) is 14.5. The van der Waals surface area contributed by atoms with E-state index < -0.39 is 29.6 Å². The number of hydrogen-bond acceptors (Lipinski definition) is 4. The molecule has 2 aromatic carbocycles. The minimum atomic E-state index is -1.03. The van der Waals surface area contributed by atoms with Crippen molar-refractivity contribution >= 4 is 18.0 Å². The number of carboxylic acid groups (broad SMARTS) is 1. The summed E-state index contributed by atoms with van der Waals surface area (Å²) in [5, 5.41) is 12.4. The van der Waals surface area contributed by atoms with E-state index in [0.29, 0.717) is 13.0 Å². The molecule has 1 heterocycles. The number of rotatable bonds is 8. The molecule has 0 aromatic heterocycles. The maximum absolute atomic E-state index is 13.3. The number of carbonyl (C=O) groups excluding carboxylic acids is 2. The van der Waals surface area contributed by atoms with E-state index in [9.17, 15) is 19.5 Å². The molecule has 2 amide bonds. The van der Waals surface area contributed by atoms with Crippen molar-refractivity contribution in [2.45, 2.75) is 58.5 Å². The van der Waals surface area contributed by atoms with Crippen molar-refractivity contribution in [3.05, 3.63) is 59.7 Å². The van der Waals surface area contributed by atoms with E-state index in [1.54, 1.807) is 0 Å². The minimum absolute atomic E-state index is 0.0792. The van der Waals surface area contributed by atoms with Gasteiger partial charge in [-0.15, -0.1) is 0 Å². The van der Waals surface area contributed by atoms with E-state index in [1.807, 2.05) is 64.1 Å². The highest BCUT2D eigenvalue weighted by molar-refractivity contribution is 5.91. The average molecular weight is 479 g/mol. The summed E-state index contributed by atoms with van der Waals surface area (Å²) < 4.78 is 5.65.